The lowest BCUT2D eigenvalue weighted by Gasteiger charge is -2.22. The maximum Gasteiger partial charge on any atom is 0.233 e. The van der Waals surface area contributed by atoms with Crippen LogP contribution in [0.2, 0.25) is 0 Å². The molecule has 0 radical (unpaired) electrons. The molecule has 0 unspecified atom stereocenters. The number of nitrogens with one attached hydrogen (secondary N) is 1. The first-order valence-electron chi connectivity index (χ1n) is 6.62. The van der Waals surface area contributed by atoms with Gasteiger partial charge in [0.2, 0.25) is 10.0 Å². The van der Waals surface area contributed by atoms with Gasteiger partial charge in [-0.2, -0.15) is 0 Å². The van der Waals surface area contributed by atoms with Crippen LogP contribution in [0.15, 0.2) is 21.1 Å². The van der Waals surface area contributed by atoms with Crippen molar-refractivity contribution in [2.45, 2.75) is 32.1 Å². The minimum absolute atomic E-state index is 0.191. The van der Waals surface area contributed by atoms with Gasteiger partial charge in [-0.1, -0.05) is 19.3 Å². The summed E-state index contributed by atoms with van der Waals surface area (Å²) in [4.78, 5) is 0. The molecule has 1 saturated carbocycles. The predicted octanol–water partition coefficient (Wildman–Crippen LogP) is 4.12. The second-order valence-corrected chi connectivity index (χ2v) is 8.72. The van der Waals surface area contributed by atoms with Crippen LogP contribution in [0.25, 0.3) is 0 Å². The van der Waals surface area contributed by atoms with Gasteiger partial charge in [-0.15, -0.1) is 0 Å². The zero-order valence-corrected chi connectivity index (χ0v) is 15.0. The van der Waals surface area contributed by atoms with E-state index < -0.39 is 10.0 Å². The van der Waals surface area contributed by atoms with Gasteiger partial charge >= 0.3 is 0 Å². The summed E-state index contributed by atoms with van der Waals surface area (Å²) in [6, 6.07) is 3.37. The van der Waals surface area contributed by atoms with E-state index in [1.807, 2.05) is 0 Å². The number of rotatable bonds is 4. The highest BCUT2D eigenvalue weighted by Crippen LogP contribution is 2.34. The van der Waals surface area contributed by atoms with Crippen LogP contribution in [0.4, 0.5) is 11.4 Å². The van der Waals surface area contributed by atoms with Gasteiger partial charge in [-0.3, -0.25) is 4.72 Å². The summed E-state index contributed by atoms with van der Waals surface area (Å²) in [5, 5.41) is 0. The SMILES string of the molecule is Nc1cc(Br)c(NS(=O)(=O)CC2CCCCC2)c(Br)c1. The van der Waals surface area contributed by atoms with Crippen molar-refractivity contribution in [3.05, 3.63) is 21.1 Å². The molecule has 112 valence electrons. The highest BCUT2D eigenvalue weighted by atomic mass is 79.9. The molecular formula is C13H18Br2N2O2S. The number of hydrogen-bond donors (Lipinski definition) is 2. The third-order valence-corrected chi connectivity index (χ3v) is 6.18. The molecule has 0 aromatic heterocycles. The van der Waals surface area contributed by atoms with Crippen molar-refractivity contribution in [2.24, 2.45) is 5.92 Å². The van der Waals surface area contributed by atoms with Gasteiger partial charge in [-0.25, -0.2) is 8.42 Å². The maximum atomic E-state index is 12.3. The Balaban J connectivity index is 2.11. The molecule has 1 aliphatic rings. The molecule has 1 aromatic rings. The van der Waals surface area contributed by atoms with Gasteiger partial charge in [0.25, 0.3) is 0 Å². The summed E-state index contributed by atoms with van der Waals surface area (Å²) in [5.41, 5.74) is 6.78. The van der Waals surface area contributed by atoms with Gasteiger partial charge in [0.15, 0.2) is 0 Å². The van der Waals surface area contributed by atoms with Crippen LogP contribution in [0.3, 0.4) is 0 Å². The lowest BCUT2D eigenvalue weighted by atomic mass is 9.91. The van der Waals surface area contributed by atoms with E-state index in [0.717, 1.165) is 25.7 Å². The van der Waals surface area contributed by atoms with Gasteiger partial charge in [0.05, 0.1) is 11.4 Å². The highest BCUT2D eigenvalue weighted by molar-refractivity contribution is 9.11. The van der Waals surface area contributed by atoms with E-state index in [2.05, 4.69) is 36.6 Å². The third kappa shape index (κ3) is 4.36. The molecule has 4 nitrogen and oxygen atoms in total. The Hall–Kier alpha value is -0.270. The molecule has 0 aliphatic heterocycles. The summed E-state index contributed by atoms with van der Waals surface area (Å²) in [5.74, 6) is 0.462. The Bertz CT molecular complexity index is 561. The fraction of sp³-hybridized carbons (Fsp3) is 0.538. The van der Waals surface area contributed by atoms with Crippen molar-refractivity contribution >= 4 is 53.3 Å². The summed E-state index contributed by atoms with van der Waals surface area (Å²) >= 11 is 6.68. The third-order valence-electron chi connectivity index (χ3n) is 3.50. The van der Waals surface area contributed by atoms with Gasteiger partial charge in [0.1, 0.15) is 0 Å². The average molecular weight is 426 g/mol. The number of hydrogen-bond acceptors (Lipinski definition) is 3. The van der Waals surface area contributed by atoms with Gasteiger partial charge < -0.3 is 5.73 Å². The van der Waals surface area contributed by atoms with E-state index >= 15 is 0 Å². The molecule has 1 aliphatic carbocycles. The summed E-state index contributed by atoms with van der Waals surface area (Å²) in [6.07, 6.45) is 5.50. The van der Waals surface area contributed by atoms with Crippen molar-refractivity contribution in [2.75, 3.05) is 16.2 Å². The fourth-order valence-electron chi connectivity index (χ4n) is 2.55. The van der Waals surface area contributed by atoms with E-state index in [0.29, 0.717) is 20.3 Å². The second-order valence-electron chi connectivity index (χ2n) is 5.25. The van der Waals surface area contributed by atoms with Crippen LogP contribution in [0, 0.1) is 5.92 Å². The highest BCUT2D eigenvalue weighted by Gasteiger charge is 2.22. The number of nitrogens with two attached hydrogens (primary N) is 1. The van der Waals surface area contributed by atoms with Crippen molar-refractivity contribution in [1.29, 1.82) is 0 Å². The molecule has 0 heterocycles. The molecule has 7 heteroatoms. The van der Waals surface area contributed by atoms with Crippen molar-refractivity contribution < 1.29 is 8.42 Å². The first kappa shape index (κ1) is 16.1. The zero-order chi connectivity index (χ0) is 14.8. The number of halogens is 2. The fourth-order valence-corrected chi connectivity index (χ4v) is 5.80. The first-order chi connectivity index (χ1) is 9.37. The van der Waals surface area contributed by atoms with Crippen molar-refractivity contribution in [3.63, 3.8) is 0 Å². The van der Waals surface area contributed by atoms with E-state index in [1.165, 1.54) is 6.42 Å². The number of nitrogen functional groups attached to an aromatic ring is 1. The summed E-state index contributed by atoms with van der Waals surface area (Å²) < 4.78 is 28.5. The van der Waals surface area contributed by atoms with Crippen LogP contribution in [0.1, 0.15) is 32.1 Å². The van der Waals surface area contributed by atoms with Crippen molar-refractivity contribution in [3.8, 4) is 0 Å². The Morgan fingerprint density at radius 2 is 1.70 bits per heavy atom. The Morgan fingerprint density at radius 1 is 1.15 bits per heavy atom. The lowest BCUT2D eigenvalue weighted by Crippen LogP contribution is -2.24. The molecule has 0 bridgehead atoms. The number of sulfonamides is 1. The molecule has 2 rings (SSSR count). The molecule has 3 N–H and O–H groups in total. The topological polar surface area (TPSA) is 72.2 Å². The smallest absolute Gasteiger partial charge is 0.233 e. The zero-order valence-electron chi connectivity index (χ0n) is 11.0. The van der Waals surface area contributed by atoms with Crippen LogP contribution >= 0.6 is 31.9 Å². The molecule has 0 atom stereocenters. The molecule has 0 saturated heterocycles. The Morgan fingerprint density at radius 3 is 2.25 bits per heavy atom. The van der Waals surface area contributed by atoms with Crippen LogP contribution in [0.5, 0.6) is 0 Å². The molecule has 1 fully saturated rings. The standard InChI is InChI=1S/C13H18Br2N2O2S/c14-11-6-10(16)7-12(15)13(11)17-20(18,19)8-9-4-2-1-3-5-9/h6-7,9,17H,1-5,8,16H2. The monoisotopic (exact) mass is 424 g/mol. The minimum Gasteiger partial charge on any atom is -0.399 e. The quantitative estimate of drug-likeness (QED) is 0.712. The molecular weight excluding hydrogens is 408 g/mol. The summed E-state index contributed by atoms with van der Waals surface area (Å²) in [6.45, 7) is 0. The van der Waals surface area contributed by atoms with E-state index in [9.17, 15) is 8.42 Å². The van der Waals surface area contributed by atoms with E-state index in [4.69, 9.17) is 5.73 Å². The lowest BCUT2D eigenvalue weighted by molar-refractivity contribution is 0.385. The van der Waals surface area contributed by atoms with E-state index in [1.54, 1.807) is 12.1 Å². The van der Waals surface area contributed by atoms with E-state index in [-0.39, 0.29) is 11.7 Å². The molecule has 0 amide bonds. The van der Waals surface area contributed by atoms with Gasteiger partial charge in [-0.05, 0) is 62.8 Å². The summed E-state index contributed by atoms with van der Waals surface area (Å²) in [7, 11) is -3.34. The van der Waals surface area contributed by atoms with Crippen LogP contribution < -0.4 is 10.5 Å². The maximum absolute atomic E-state index is 12.3. The number of anilines is 2. The Labute approximate surface area is 136 Å². The first-order valence-corrected chi connectivity index (χ1v) is 9.86. The largest absolute Gasteiger partial charge is 0.399 e. The normalized spacial score (nSPS) is 17.1. The molecule has 1 aromatic carbocycles. The molecule has 20 heavy (non-hydrogen) atoms. The van der Waals surface area contributed by atoms with Crippen LogP contribution in [-0.4, -0.2) is 14.2 Å². The van der Waals surface area contributed by atoms with Gasteiger partial charge in [0, 0.05) is 14.6 Å². The average Bonchev–Trinajstić information content (AvgIpc) is 2.34. The minimum atomic E-state index is -3.34. The second kappa shape index (κ2) is 6.66. The van der Waals surface area contributed by atoms with Crippen LogP contribution in [-0.2, 0) is 10.0 Å². The van der Waals surface area contributed by atoms with Crippen molar-refractivity contribution in [1.82, 2.24) is 0 Å². The number of benzene rings is 1. The Kier molecular flexibility index (Phi) is 5.36. The molecule has 0 spiro atoms. The predicted molar refractivity (Wildman–Crippen MR) is 90.2 cm³/mol.